The molecular weight excluding hydrogens is 320 g/mol. The van der Waals surface area contributed by atoms with Gasteiger partial charge in [0, 0.05) is 29.4 Å². The quantitative estimate of drug-likeness (QED) is 0.411. The number of ether oxygens (including phenoxy) is 1. The molecule has 0 atom stereocenters. The summed E-state index contributed by atoms with van der Waals surface area (Å²) in [5.74, 6) is 0.0164. The Labute approximate surface area is 128 Å². The first-order chi connectivity index (χ1) is 9.79. The Morgan fingerprint density at radius 3 is 2.43 bits per heavy atom. The molecule has 0 aliphatic rings. The molecular formula is C12H17ClN2O5S. The summed E-state index contributed by atoms with van der Waals surface area (Å²) < 4.78 is 28.4. The minimum Gasteiger partial charge on any atom is -0.491 e. The van der Waals surface area contributed by atoms with Crippen molar-refractivity contribution in [2.24, 2.45) is 0 Å². The SMILES string of the molecule is CCN(CC)CCOc1ccc([N+](=O)[O-])cc1S(=O)(=O)Cl. The number of likely N-dealkylation sites (N-methyl/N-ethyl adjacent to an activating group) is 1. The van der Waals surface area contributed by atoms with Crippen LogP contribution in [-0.4, -0.2) is 44.5 Å². The van der Waals surface area contributed by atoms with E-state index in [9.17, 15) is 18.5 Å². The van der Waals surface area contributed by atoms with Crippen molar-refractivity contribution in [1.82, 2.24) is 4.90 Å². The molecule has 0 aliphatic carbocycles. The molecule has 0 radical (unpaired) electrons. The fraction of sp³-hybridized carbons (Fsp3) is 0.500. The van der Waals surface area contributed by atoms with E-state index in [0.717, 1.165) is 19.2 Å². The third-order valence-electron chi connectivity index (χ3n) is 2.96. The van der Waals surface area contributed by atoms with Gasteiger partial charge in [0.2, 0.25) is 0 Å². The number of benzene rings is 1. The third kappa shape index (κ3) is 5.14. The molecule has 0 amide bonds. The summed E-state index contributed by atoms with van der Waals surface area (Å²) in [4.78, 5) is 11.7. The minimum absolute atomic E-state index is 0.0164. The van der Waals surface area contributed by atoms with Crippen LogP contribution in [0.3, 0.4) is 0 Å². The molecule has 7 nitrogen and oxygen atoms in total. The number of nitro groups is 1. The zero-order valence-corrected chi connectivity index (χ0v) is 13.4. The van der Waals surface area contributed by atoms with Crippen molar-refractivity contribution >= 4 is 25.4 Å². The molecule has 0 saturated carbocycles. The predicted octanol–water partition coefficient (Wildman–Crippen LogP) is 2.24. The van der Waals surface area contributed by atoms with E-state index >= 15 is 0 Å². The Morgan fingerprint density at radius 1 is 1.33 bits per heavy atom. The molecule has 1 aromatic carbocycles. The van der Waals surface area contributed by atoms with Gasteiger partial charge in [0.05, 0.1) is 4.92 Å². The summed E-state index contributed by atoms with van der Waals surface area (Å²) in [6.45, 7) is 6.58. The zero-order valence-electron chi connectivity index (χ0n) is 11.8. The van der Waals surface area contributed by atoms with Gasteiger partial charge in [-0.25, -0.2) is 8.42 Å². The maximum absolute atomic E-state index is 11.5. The van der Waals surface area contributed by atoms with Crippen LogP contribution in [0.2, 0.25) is 0 Å². The average molecular weight is 337 g/mol. The van der Waals surface area contributed by atoms with Crippen LogP contribution in [0.4, 0.5) is 5.69 Å². The second-order valence-electron chi connectivity index (χ2n) is 4.20. The van der Waals surface area contributed by atoms with Crippen LogP contribution in [0.5, 0.6) is 5.75 Å². The van der Waals surface area contributed by atoms with Crippen LogP contribution < -0.4 is 4.74 Å². The highest BCUT2D eigenvalue weighted by atomic mass is 35.7. The molecule has 21 heavy (non-hydrogen) atoms. The van der Waals surface area contributed by atoms with Gasteiger partial charge in [-0.2, -0.15) is 0 Å². The topological polar surface area (TPSA) is 89.8 Å². The van der Waals surface area contributed by atoms with Gasteiger partial charge < -0.3 is 9.64 Å². The molecule has 0 aliphatic heterocycles. The summed E-state index contributed by atoms with van der Waals surface area (Å²) in [6.07, 6.45) is 0. The van der Waals surface area contributed by atoms with Crippen molar-refractivity contribution in [2.45, 2.75) is 18.7 Å². The summed E-state index contributed by atoms with van der Waals surface area (Å²) >= 11 is 0. The van der Waals surface area contributed by atoms with Gasteiger partial charge in [-0.15, -0.1) is 0 Å². The maximum Gasteiger partial charge on any atom is 0.271 e. The number of halogens is 1. The van der Waals surface area contributed by atoms with Gasteiger partial charge in [-0.3, -0.25) is 10.1 Å². The molecule has 0 N–H and O–H groups in total. The summed E-state index contributed by atoms with van der Waals surface area (Å²) in [7, 11) is 1.17. The number of non-ortho nitro benzene ring substituents is 1. The van der Waals surface area contributed by atoms with E-state index < -0.39 is 18.9 Å². The number of nitro benzene ring substituents is 1. The first-order valence-corrected chi connectivity index (χ1v) is 8.68. The highest BCUT2D eigenvalue weighted by Crippen LogP contribution is 2.30. The van der Waals surface area contributed by atoms with Gasteiger partial charge in [-0.1, -0.05) is 13.8 Å². The standard InChI is InChI=1S/C12H17ClN2O5S/c1-3-14(4-2)7-8-20-11-6-5-10(15(16)17)9-12(11)21(13,18)19/h5-6,9H,3-4,7-8H2,1-2H3. The Morgan fingerprint density at radius 2 is 1.95 bits per heavy atom. The normalized spacial score (nSPS) is 11.6. The summed E-state index contributed by atoms with van der Waals surface area (Å²) in [5, 5.41) is 10.7. The lowest BCUT2D eigenvalue weighted by Crippen LogP contribution is -2.28. The van der Waals surface area contributed by atoms with Crippen LogP contribution in [-0.2, 0) is 9.05 Å². The lowest BCUT2D eigenvalue weighted by Gasteiger charge is -2.18. The Bertz CT molecular complexity index is 602. The second-order valence-corrected chi connectivity index (χ2v) is 6.74. The molecule has 0 aromatic heterocycles. The monoisotopic (exact) mass is 336 g/mol. The highest BCUT2D eigenvalue weighted by molar-refractivity contribution is 8.13. The molecule has 1 rings (SSSR count). The lowest BCUT2D eigenvalue weighted by molar-refractivity contribution is -0.385. The van der Waals surface area contributed by atoms with Gasteiger partial charge >= 0.3 is 0 Å². The fourth-order valence-electron chi connectivity index (χ4n) is 1.74. The largest absolute Gasteiger partial charge is 0.491 e. The van der Waals surface area contributed by atoms with Gasteiger partial charge in [0.15, 0.2) is 0 Å². The lowest BCUT2D eigenvalue weighted by atomic mass is 10.3. The summed E-state index contributed by atoms with van der Waals surface area (Å²) in [6, 6.07) is 3.32. The van der Waals surface area contributed by atoms with E-state index in [4.69, 9.17) is 15.4 Å². The second kappa shape index (κ2) is 7.58. The van der Waals surface area contributed by atoms with Crippen molar-refractivity contribution in [3.8, 4) is 5.75 Å². The third-order valence-corrected chi connectivity index (χ3v) is 4.30. The molecule has 118 valence electrons. The first-order valence-electron chi connectivity index (χ1n) is 6.37. The van der Waals surface area contributed by atoms with E-state index in [-0.39, 0.29) is 18.0 Å². The predicted molar refractivity (Wildman–Crippen MR) is 79.4 cm³/mol. The van der Waals surface area contributed by atoms with Crippen molar-refractivity contribution in [1.29, 1.82) is 0 Å². The number of hydrogen-bond acceptors (Lipinski definition) is 6. The summed E-state index contributed by atoms with van der Waals surface area (Å²) in [5.41, 5.74) is -0.356. The Kier molecular flexibility index (Phi) is 6.38. The van der Waals surface area contributed by atoms with Crippen molar-refractivity contribution < 1.29 is 18.1 Å². The molecule has 0 saturated heterocycles. The molecule has 0 spiro atoms. The minimum atomic E-state index is -4.12. The average Bonchev–Trinajstić information content (AvgIpc) is 2.42. The van der Waals surface area contributed by atoms with Crippen LogP contribution in [0.1, 0.15) is 13.8 Å². The van der Waals surface area contributed by atoms with E-state index in [1.54, 1.807) is 0 Å². The molecule has 0 heterocycles. The van der Waals surface area contributed by atoms with Gasteiger partial charge in [-0.05, 0) is 19.2 Å². The van der Waals surface area contributed by atoms with Crippen LogP contribution in [0.15, 0.2) is 23.1 Å². The zero-order chi connectivity index (χ0) is 16.0. The number of hydrogen-bond donors (Lipinski definition) is 0. The van der Waals surface area contributed by atoms with Crippen molar-refractivity contribution in [2.75, 3.05) is 26.2 Å². The molecule has 0 fully saturated rings. The molecule has 0 unspecified atom stereocenters. The van der Waals surface area contributed by atoms with Gasteiger partial charge in [0.1, 0.15) is 17.3 Å². The number of rotatable bonds is 8. The van der Waals surface area contributed by atoms with E-state index in [1.165, 1.54) is 12.1 Å². The van der Waals surface area contributed by atoms with Crippen molar-refractivity contribution in [3.05, 3.63) is 28.3 Å². The first kappa shape index (κ1) is 17.7. The fourth-order valence-corrected chi connectivity index (χ4v) is 2.74. The molecule has 1 aromatic rings. The van der Waals surface area contributed by atoms with E-state index in [1.807, 2.05) is 13.8 Å². The smallest absolute Gasteiger partial charge is 0.271 e. The van der Waals surface area contributed by atoms with Crippen LogP contribution >= 0.6 is 10.7 Å². The van der Waals surface area contributed by atoms with E-state index in [0.29, 0.717) is 6.54 Å². The Balaban J connectivity index is 2.94. The maximum atomic E-state index is 11.5. The highest BCUT2D eigenvalue weighted by Gasteiger charge is 2.21. The molecule has 0 bridgehead atoms. The number of nitrogens with zero attached hydrogens (tertiary/aromatic N) is 2. The van der Waals surface area contributed by atoms with Crippen LogP contribution in [0, 0.1) is 10.1 Å². The van der Waals surface area contributed by atoms with Gasteiger partial charge in [0.25, 0.3) is 14.7 Å². The Hall–Kier alpha value is -1.38. The van der Waals surface area contributed by atoms with E-state index in [2.05, 4.69) is 4.90 Å². The van der Waals surface area contributed by atoms with Crippen LogP contribution in [0.25, 0.3) is 0 Å². The molecule has 9 heteroatoms. The van der Waals surface area contributed by atoms with Crippen molar-refractivity contribution in [3.63, 3.8) is 0 Å².